The van der Waals surface area contributed by atoms with Crippen molar-refractivity contribution in [2.45, 2.75) is 18.9 Å². The van der Waals surface area contributed by atoms with E-state index in [9.17, 15) is 30.7 Å². The van der Waals surface area contributed by atoms with Crippen molar-refractivity contribution in [3.63, 3.8) is 0 Å². The minimum Gasteiger partial charge on any atom is -0.221 e. The maximum Gasteiger partial charge on any atom is 0.527 e. The number of alkyl halides is 7. The zero-order valence-corrected chi connectivity index (χ0v) is 4.63. The number of ether oxygens (including phenoxy) is 1. The van der Waals surface area contributed by atoms with Gasteiger partial charge in [-0.05, 0) is 0 Å². The average Bonchev–Trinajstić information content (AvgIpc) is 1.56. The fourth-order valence-electron chi connectivity index (χ4n) is 0.199. The van der Waals surface area contributed by atoms with E-state index in [1.54, 1.807) is 4.74 Å². The Bertz CT molecular complexity index is 126. The second-order valence-corrected chi connectivity index (χ2v) is 1.41. The molecule has 0 rings (SSSR count). The Balaban J connectivity index is 4.13. The van der Waals surface area contributed by atoms with Gasteiger partial charge in [0.05, 0.1) is 0 Å². The van der Waals surface area contributed by atoms with Gasteiger partial charge >= 0.3 is 18.9 Å². The van der Waals surface area contributed by atoms with Gasteiger partial charge in [0.25, 0.3) is 0 Å². The van der Waals surface area contributed by atoms with E-state index in [2.05, 4.69) is 0 Å². The van der Waals surface area contributed by atoms with Gasteiger partial charge in [-0.25, -0.2) is 13.5 Å². The molecule has 0 amide bonds. The van der Waals surface area contributed by atoms with Crippen molar-refractivity contribution in [1.82, 2.24) is 0 Å². The van der Waals surface area contributed by atoms with Crippen LogP contribution in [0.5, 0.6) is 0 Å². The summed E-state index contributed by atoms with van der Waals surface area (Å²) >= 11 is 0. The molecule has 11 heavy (non-hydrogen) atoms. The monoisotopic (exact) mass is 186 g/mol. The third-order valence-corrected chi connectivity index (χ3v) is 0.506. The summed E-state index contributed by atoms with van der Waals surface area (Å²) in [6, 6.07) is 0. The minimum absolute atomic E-state index is 1.80. The van der Waals surface area contributed by atoms with Gasteiger partial charge in [-0.1, -0.05) is 0 Å². The van der Waals surface area contributed by atoms with Crippen LogP contribution in [0, 0.1) is 0 Å². The molecule has 1 nitrogen and oxygen atoms in total. The van der Waals surface area contributed by atoms with Crippen molar-refractivity contribution >= 4 is 0 Å². The summed E-state index contributed by atoms with van der Waals surface area (Å²) in [4.78, 5) is 0. The summed E-state index contributed by atoms with van der Waals surface area (Å²) < 4.78 is 79.1. The lowest BCUT2D eigenvalue weighted by Gasteiger charge is -2.16. The van der Waals surface area contributed by atoms with Gasteiger partial charge in [-0.15, -0.1) is 13.2 Å². The van der Waals surface area contributed by atoms with Gasteiger partial charge < -0.3 is 0 Å². The standard InChI is InChI=1S/C3HF7O/c4-1(5)2(6,7)11-3(8,9)10/h1H. The molecule has 0 aliphatic heterocycles. The zero-order chi connectivity index (χ0) is 9.28. The molecule has 0 aromatic heterocycles. The average molecular weight is 186 g/mol. The van der Waals surface area contributed by atoms with Crippen LogP contribution in [-0.4, -0.2) is 18.9 Å². The molecule has 0 unspecified atom stereocenters. The van der Waals surface area contributed by atoms with E-state index in [0.29, 0.717) is 0 Å². The van der Waals surface area contributed by atoms with Crippen LogP contribution in [0.25, 0.3) is 0 Å². The molecular weight excluding hydrogens is 185 g/mol. The van der Waals surface area contributed by atoms with E-state index in [4.69, 9.17) is 0 Å². The number of rotatable bonds is 2. The molecule has 0 radical (unpaired) electrons. The van der Waals surface area contributed by atoms with Crippen LogP contribution in [0.3, 0.4) is 0 Å². The van der Waals surface area contributed by atoms with Crippen molar-refractivity contribution < 1.29 is 35.5 Å². The highest BCUT2D eigenvalue weighted by Gasteiger charge is 2.51. The molecule has 0 fully saturated rings. The molecule has 0 aliphatic carbocycles. The van der Waals surface area contributed by atoms with Gasteiger partial charge in [-0.3, -0.25) is 0 Å². The second kappa shape index (κ2) is 2.84. The quantitative estimate of drug-likeness (QED) is 0.601. The SMILES string of the molecule is FC(F)C(F)(F)OC(F)(F)F. The predicted octanol–water partition coefficient (Wildman–Crippen LogP) is 2.38. The minimum atomic E-state index is -5.76. The third kappa shape index (κ3) is 4.02. The van der Waals surface area contributed by atoms with E-state index in [1.807, 2.05) is 0 Å². The first kappa shape index (κ1) is 10.5. The molecular formula is C3HF7O. The van der Waals surface area contributed by atoms with E-state index < -0.39 is 18.9 Å². The summed E-state index contributed by atoms with van der Waals surface area (Å²) in [5, 5.41) is 0. The highest BCUT2D eigenvalue weighted by molar-refractivity contribution is 4.55. The lowest BCUT2D eigenvalue weighted by molar-refractivity contribution is -0.446. The zero-order valence-electron chi connectivity index (χ0n) is 4.63. The van der Waals surface area contributed by atoms with E-state index >= 15 is 0 Å². The lowest BCUT2D eigenvalue weighted by Crippen LogP contribution is -2.36. The van der Waals surface area contributed by atoms with E-state index in [0.717, 1.165) is 0 Å². The molecule has 0 aliphatic rings. The fraction of sp³-hybridized carbons (Fsp3) is 1.00. The van der Waals surface area contributed by atoms with Crippen molar-refractivity contribution in [2.75, 3.05) is 0 Å². The first-order chi connectivity index (χ1) is 4.65. The van der Waals surface area contributed by atoms with Crippen molar-refractivity contribution in [2.24, 2.45) is 0 Å². The summed E-state index contributed by atoms with van der Waals surface area (Å²) in [6.07, 6.45) is -15.7. The van der Waals surface area contributed by atoms with Crippen molar-refractivity contribution in [1.29, 1.82) is 0 Å². The predicted molar refractivity (Wildman–Crippen MR) is 18.1 cm³/mol. The first-order valence-corrected chi connectivity index (χ1v) is 2.08. The van der Waals surface area contributed by atoms with Crippen LogP contribution in [0.15, 0.2) is 0 Å². The van der Waals surface area contributed by atoms with Gasteiger partial charge in [0.2, 0.25) is 0 Å². The fourth-order valence-corrected chi connectivity index (χ4v) is 0.199. The van der Waals surface area contributed by atoms with Crippen LogP contribution >= 0.6 is 0 Å². The highest BCUT2D eigenvalue weighted by Crippen LogP contribution is 2.32. The van der Waals surface area contributed by atoms with Gasteiger partial charge in [0.1, 0.15) is 0 Å². The smallest absolute Gasteiger partial charge is 0.221 e. The first-order valence-electron chi connectivity index (χ1n) is 2.08. The molecule has 0 aromatic rings. The Labute approximate surface area is 55.7 Å². The molecule has 0 aromatic carbocycles. The Kier molecular flexibility index (Phi) is 2.70. The molecule has 0 saturated carbocycles. The number of hydrogen-bond donors (Lipinski definition) is 0. The van der Waals surface area contributed by atoms with Crippen molar-refractivity contribution in [3.05, 3.63) is 0 Å². The molecule has 0 bridgehead atoms. The summed E-state index contributed by atoms with van der Waals surface area (Å²) in [6.45, 7) is 0. The third-order valence-electron chi connectivity index (χ3n) is 0.506. The van der Waals surface area contributed by atoms with Crippen LogP contribution in [-0.2, 0) is 4.74 Å². The Morgan fingerprint density at radius 2 is 1.27 bits per heavy atom. The van der Waals surface area contributed by atoms with Crippen LogP contribution in [0.2, 0.25) is 0 Å². The van der Waals surface area contributed by atoms with Gasteiger partial charge in [0, 0.05) is 0 Å². The molecule has 0 N–H and O–H groups in total. The Morgan fingerprint density at radius 3 is 1.36 bits per heavy atom. The largest absolute Gasteiger partial charge is 0.527 e. The lowest BCUT2D eigenvalue weighted by atomic mass is 10.7. The van der Waals surface area contributed by atoms with E-state index in [1.165, 1.54) is 0 Å². The highest BCUT2D eigenvalue weighted by atomic mass is 19.4. The summed E-state index contributed by atoms with van der Waals surface area (Å²) in [5.74, 6) is 0. The molecule has 68 valence electrons. The number of halogens is 7. The maximum absolute atomic E-state index is 11.4. The van der Waals surface area contributed by atoms with Crippen LogP contribution in [0.4, 0.5) is 30.7 Å². The maximum atomic E-state index is 11.4. The Hall–Kier alpha value is -0.530. The van der Waals surface area contributed by atoms with Crippen LogP contribution in [0.1, 0.15) is 0 Å². The number of hydrogen-bond acceptors (Lipinski definition) is 1. The normalized spacial score (nSPS) is 14.2. The van der Waals surface area contributed by atoms with E-state index in [-0.39, 0.29) is 0 Å². The second-order valence-electron chi connectivity index (χ2n) is 1.41. The molecule has 0 spiro atoms. The molecule has 0 heterocycles. The van der Waals surface area contributed by atoms with Crippen molar-refractivity contribution in [3.8, 4) is 0 Å². The Morgan fingerprint density at radius 1 is 0.909 bits per heavy atom. The summed E-state index contributed by atoms with van der Waals surface area (Å²) in [7, 11) is 0. The topological polar surface area (TPSA) is 9.23 Å². The summed E-state index contributed by atoms with van der Waals surface area (Å²) in [5.41, 5.74) is 0. The van der Waals surface area contributed by atoms with Crippen LogP contribution < -0.4 is 0 Å². The van der Waals surface area contributed by atoms with Gasteiger partial charge in [-0.2, -0.15) is 8.78 Å². The molecule has 0 saturated heterocycles. The molecule has 8 heteroatoms. The van der Waals surface area contributed by atoms with Gasteiger partial charge in [0.15, 0.2) is 0 Å². The molecule has 0 atom stereocenters.